The molecule has 1 aliphatic heterocycles. The van der Waals surface area contributed by atoms with Crippen LogP contribution in [0.25, 0.3) is 11.3 Å². The van der Waals surface area contributed by atoms with Gasteiger partial charge in [0.1, 0.15) is 5.82 Å². The smallest absolute Gasteiger partial charge is 0.129 e. The van der Waals surface area contributed by atoms with E-state index in [1.807, 2.05) is 10.6 Å². The number of hydrogen-bond acceptors (Lipinski definition) is 4. The minimum Gasteiger partial charge on any atom is -0.393 e. The number of aliphatic hydroxyl groups is 3. The van der Waals surface area contributed by atoms with Gasteiger partial charge in [0.15, 0.2) is 0 Å². The van der Waals surface area contributed by atoms with Gasteiger partial charge in [0, 0.05) is 11.1 Å². The Morgan fingerprint density at radius 3 is 2.86 bits per heavy atom. The highest BCUT2D eigenvalue weighted by atomic mass is 19.1. The molecule has 2 fully saturated rings. The van der Waals surface area contributed by atoms with Crippen molar-refractivity contribution in [2.24, 2.45) is 23.2 Å². The Labute approximate surface area is 170 Å². The van der Waals surface area contributed by atoms with Gasteiger partial charge in [-0.3, -0.25) is 0 Å². The summed E-state index contributed by atoms with van der Waals surface area (Å²) in [7, 11) is 0. The van der Waals surface area contributed by atoms with Crippen molar-refractivity contribution in [3.8, 4) is 11.3 Å². The standard InChI is InChI=1S/C23H29FN2O3/c1-13-6-15-16(23(15,29)11-27)9-22(2,8-13)20(28)7-18-21-14(4-3-5-17(21)24)19-10-25-12-26(18)19/h3-5,10,12-13,15-16,18,20,27-29H,6-9,11H2,1-2H3. The van der Waals surface area contributed by atoms with Crippen molar-refractivity contribution in [2.45, 2.75) is 57.3 Å². The first-order valence-corrected chi connectivity index (χ1v) is 10.6. The van der Waals surface area contributed by atoms with Crippen LogP contribution in [0.15, 0.2) is 30.7 Å². The molecule has 2 heterocycles. The maximum absolute atomic E-state index is 14.7. The van der Waals surface area contributed by atoms with Gasteiger partial charge in [-0.25, -0.2) is 9.37 Å². The highest BCUT2D eigenvalue weighted by Gasteiger charge is 2.66. The molecule has 0 spiro atoms. The summed E-state index contributed by atoms with van der Waals surface area (Å²) in [6.07, 6.45) is 5.61. The van der Waals surface area contributed by atoms with Crippen molar-refractivity contribution >= 4 is 0 Å². The van der Waals surface area contributed by atoms with Crippen LogP contribution in [0.4, 0.5) is 4.39 Å². The Kier molecular flexibility index (Phi) is 4.22. The molecule has 0 amide bonds. The number of rotatable bonds is 4. The normalized spacial score (nSPS) is 38.7. The first-order valence-electron chi connectivity index (χ1n) is 10.6. The van der Waals surface area contributed by atoms with E-state index in [0.29, 0.717) is 24.3 Å². The first kappa shape index (κ1) is 19.2. The number of hydrogen-bond donors (Lipinski definition) is 3. The van der Waals surface area contributed by atoms with Crippen LogP contribution in [-0.4, -0.2) is 43.2 Å². The topological polar surface area (TPSA) is 78.5 Å². The molecule has 156 valence electrons. The fourth-order valence-electron chi connectivity index (χ4n) is 6.41. The zero-order valence-electron chi connectivity index (χ0n) is 16.9. The molecule has 2 aliphatic carbocycles. The molecule has 5 rings (SSSR count). The molecule has 0 bridgehead atoms. The number of aromatic nitrogens is 2. The summed E-state index contributed by atoms with van der Waals surface area (Å²) in [5.74, 6) is 0.233. The molecule has 1 aromatic carbocycles. The van der Waals surface area contributed by atoms with E-state index in [1.165, 1.54) is 6.07 Å². The number of nitrogens with zero attached hydrogens (tertiary/aromatic N) is 2. The van der Waals surface area contributed by atoms with E-state index in [4.69, 9.17) is 0 Å². The Morgan fingerprint density at radius 1 is 1.31 bits per heavy atom. The van der Waals surface area contributed by atoms with E-state index in [0.717, 1.165) is 24.1 Å². The lowest BCUT2D eigenvalue weighted by Gasteiger charge is -2.38. The lowest BCUT2D eigenvalue weighted by molar-refractivity contribution is -0.0183. The Morgan fingerprint density at radius 2 is 2.10 bits per heavy atom. The first-order chi connectivity index (χ1) is 13.8. The van der Waals surface area contributed by atoms with Gasteiger partial charge >= 0.3 is 0 Å². The summed E-state index contributed by atoms with van der Waals surface area (Å²) < 4.78 is 16.7. The minimum atomic E-state index is -1.00. The molecule has 7 atom stereocenters. The van der Waals surface area contributed by atoms with Crippen molar-refractivity contribution in [1.29, 1.82) is 0 Å². The van der Waals surface area contributed by atoms with Crippen molar-refractivity contribution in [2.75, 3.05) is 6.61 Å². The van der Waals surface area contributed by atoms with Crippen LogP contribution in [0.5, 0.6) is 0 Å². The SMILES string of the molecule is CC1CC2C(CC(C)(C(O)CC3c4c(F)cccc4-c4cncn43)C1)C2(O)CO. The summed E-state index contributed by atoms with van der Waals surface area (Å²) >= 11 is 0. The zero-order valence-corrected chi connectivity index (χ0v) is 16.9. The van der Waals surface area contributed by atoms with E-state index in [2.05, 4.69) is 18.8 Å². The van der Waals surface area contributed by atoms with E-state index in [-0.39, 0.29) is 30.3 Å². The van der Waals surface area contributed by atoms with Crippen LogP contribution < -0.4 is 0 Å². The third-order valence-corrected chi connectivity index (χ3v) is 7.99. The van der Waals surface area contributed by atoms with Gasteiger partial charge in [0.25, 0.3) is 0 Å². The monoisotopic (exact) mass is 400 g/mol. The van der Waals surface area contributed by atoms with Gasteiger partial charge in [-0.1, -0.05) is 26.0 Å². The molecule has 0 saturated heterocycles. The van der Waals surface area contributed by atoms with Crippen molar-refractivity contribution in [3.63, 3.8) is 0 Å². The highest BCUT2D eigenvalue weighted by molar-refractivity contribution is 5.69. The van der Waals surface area contributed by atoms with E-state index in [1.54, 1.807) is 18.6 Å². The molecule has 3 aliphatic rings. The van der Waals surface area contributed by atoms with Crippen LogP contribution in [0.1, 0.15) is 51.1 Å². The Bertz CT molecular complexity index is 946. The molecular weight excluding hydrogens is 371 g/mol. The number of halogens is 1. The van der Waals surface area contributed by atoms with Crippen LogP contribution in [0.2, 0.25) is 0 Å². The van der Waals surface area contributed by atoms with Crippen LogP contribution in [-0.2, 0) is 0 Å². The maximum atomic E-state index is 14.7. The van der Waals surface area contributed by atoms with Crippen LogP contribution >= 0.6 is 0 Å². The average molecular weight is 400 g/mol. The summed E-state index contributed by atoms with van der Waals surface area (Å²) in [5.41, 5.74) is 0.960. The van der Waals surface area contributed by atoms with Crippen molar-refractivity contribution in [1.82, 2.24) is 9.55 Å². The Balaban J connectivity index is 1.44. The molecular formula is C23H29FN2O3. The highest BCUT2D eigenvalue weighted by Crippen LogP contribution is 2.62. The predicted octanol–water partition coefficient (Wildman–Crippen LogP) is 3.14. The fraction of sp³-hybridized carbons (Fsp3) is 0.609. The van der Waals surface area contributed by atoms with Gasteiger partial charge < -0.3 is 19.9 Å². The van der Waals surface area contributed by atoms with Gasteiger partial charge in [-0.2, -0.15) is 0 Å². The summed E-state index contributed by atoms with van der Waals surface area (Å²) in [6, 6.07) is 4.80. The van der Waals surface area contributed by atoms with Gasteiger partial charge in [-0.15, -0.1) is 0 Å². The third kappa shape index (κ3) is 2.72. The summed E-state index contributed by atoms with van der Waals surface area (Å²) in [4.78, 5) is 4.23. The number of benzene rings is 1. The molecule has 29 heavy (non-hydrogen) atoms. The number of aliphatic hydroxyl groups excluding tert-OH is 2. The average Bonchev–Trinajstić information content (AvgIpc) is 3.01. The van der Waals surface area contributed by atoms with Crippen molar-refractivity contribution in [3.05, 3.63) is 42.1 Å². The number of imidazole rings is 1. The lowest BCUT2D eigenvalue weighted by atomic mass is 9.71. The van der Waals surface area contributed by atoms with E-state index < -0.39 is 17.1 Å². The number of fused-ring (bicyclic) bond motifs is 4. The second-order valence-corrected chi connectivity index (χ2v) is 9.92. The quantitative estimate of drug-likeness (QED) is 0.737. The largest absolute Gasteiger partial charge is 0.393 e. The zero-order chi connectivity index (χ0) is 20.6. The van der Waals surface area contributed by atoms with Crippen LogP contribution in [0.3, 0.4) is 0 Å². The van der Waals surface area contributed by atoms with Gasteiger partial charge in [-0.05, 0) is 54.9 Å². The predicted molar refractivity (Wildman–Crippen MR) is 107 cm³/mol. The molecule has 1 aromatic heterocycles. The molecule has 6 heteroatoms. The molecule has 3 N–H and O–H groups in total. The third-order valence-electron chi connectivity index (χ3n) is 7.99. The molecule has 7 unspecified atom stereocenters. The van der Waals surface area contributed by atoms with Crippen LogP contribution in [0, 0.1) is 29.0 Å². The van der Waals surface area contributed by atoms with Gasteiger partial charge in [0.05, 0.1) is 42.6 Å². The molecule has 2 saturated carbocycles. The van der Waals surface area contributed by atoms with E-state index >= 15 is 0 Å². The maximum Gasteiger partial charge on any atom is 0.129 e. The second-order valence-electron chi connectivity index (χ2n) is 9.92. The fourth-order valence-corrected chi connectivity index (χ4v) is 6.41. The lowest BCUT2D eigenvalue weighted by Crippen LogP contribution is -2.37. The van der Waals surface area contributed by atoms with Gasteiger partial charge in [0.2, 0.25) is 0 Å². The Hall–Kier alpha value is -1.76. The summed E-state index contributed by atoms with van der Waals surface area (Å²) in [5, 5.41) is 31.8. The molecule has 5 nitrogen and oxygen atoms in total. The minimum absolute atomic E-state index is 0.0218. The van der Waals surface area contributed by atoms with E-state index in [9.17, 15) is 19.7 Å². The molecule has 0 radical (unpaired) electrons. The second kappa shape index (κ2) is 6.37. The summed E-state index contributed by atoms with van der Waals surface area (Å²) in [6.45, 7) is 4.02. The van der Waals surface area contributed by atoms with Crippen molar-refractivity contribution < 1.29 is 19.7 Å². The molecule has 2 aromatic rings.